The van der Waals surface area contributed by atoms with E-state index in [1.54, 1.807) is 24.3 Å². The van der Waals surface area contributed by atoms with Crippen molar-refractivity contribution >= 4 is 17.6 Å². The van der Waals surface area contributed by atoms with Crippen molar-refractivity contribution in [1.29, 1.82) is 0 Å². The number of benzene rings is 1. The molecule has 1 aromatic heterocycles. The first-order chi connectivity index (χ1) is 8.66. The lowest BCUT2D eigenvalue weighted by Gasteiger charge is -2.06. The minimum Gasteiger partial charge on any atom is -0.457 e. The third-order valence-corrected chi connectivity index (χ3v) is 2.65. The molecular weight excluding hydrogens is 257 g/mol. The lowest BCUT2D eigenvalue weighted by Crippen LogP contribution is -2.06. The van der Waals surface area contributed by atoms with Crippen molar-refractivity contribution in [2.45, 2.75) is 6.61 Å². The minimum atomic E-state index is -0.720. The average molecular weight is 266 g/mol. The number of pyridine rings is 1. The Kier molecular flexibility index (Phi) is 3.89. The van der Waals surface area contributed by atoms with Crippen LogP contribution in [0.2, 0.25) is 5.02 Å². The van der Waals surface area contributed by atoms with E-state index in [0.717, 1.165) is 6.07 Å². The molecule has 0 saturated carbocycles. The number of halogens is 2. The summed E-state index contributed by atoms with van der Waals surface area (Å²) < 4.78 is 17.8. The summed E-state index contributed by atoms with van der Waals surface area (Å²) in [5, 5.41) is 0.520. The topological polar surface area (TPSA) is 39.2 Å². The first-order valence-electron chi connectivity index (χ1n) is 5.19. The second-order valence-electron chi connectivity index (χ2n) is 3.53. The lowest BCUT2D eigenvalue weighted by atomic mass is 10.2. The maximum absolute atomic E-state index is 12.8. The van der Waals surface area contributed by atoms with Crippen LogP contribution in [0, 0.1) is 5.95 Å². The molecule has 0 atom stereocenters. The second-order valence-corrected chi connectivity index (χ2v) is 3.94. The van der Waals surface area contributed by atoms with Gasteiger partial charge in [-0.05, 0) is 12.1 Å². The Morgan fingerprint density at radius 2 is 2.11 bits per heavy atom. The van der Waals surface area contributed by atoms with Gasteiger partial charge in [0.05, 0.1) is 5.56 Å². The van der Waals surface area contributed by atoms with E-state index >= 15 is 0 Å². The monoisotopic (exact) mass is 265 g/mol. The molecule has 0 amide bonds. The smallest absolute Gasteiger partial charge is 0.338 e. The Morgan fingerprint density at radius 1 is 1.33 bits per heavy atom. The number of rotatable bonds is 3. The van der Waals surface area contributed by atoms with E-state index in [1.807, 2.05) is 0 Å². The molecule has 0 aliphatic carbocycles. The van der Waals surface area contributed by atoms with Crippen molar-refractivity contribution in [1.82, 2.24) is 4.98 Å². The molecule has 0 aliphatic heterocycles. The van der Waals surface area contributed by atoms with Crippen LogP contribution in [0.1, 0.15) is 15.9 Å². The summed E-state index contributed by atoms with van der Waals surface area (Å²) in [6.07, 6.45) is 1.21. The molecule has 0 fully saturated rings. The SMILES string of the molecule is O=C(OCc1ccccc1Cl)c1ccnc(F)c1. The van der Waals surface area contributed by atoms with E-state index in [1.165, 1.54) is 12.3 Å². The largest absolute Gasteiger partial charge is 0.457 e. The van der Waals surface area contributed by atoms with Crippen molar-refractivity contribution in [3.05, 3.63) is 64.7 Å². The van der Waals surface area contributed by atoms with Crippen LogP contribution >= 0.6 is 11.6 Å². The molecule has 0 unspecified atom stereocenters. The number of aromatic nitrogens is 1. The van der Waals surface area contributed by atoms with E-state index < -0.39 is 11.9 Å². The molecule has 0 aliphatic rings. The van der Waals surface area contributed by atoms with Crippen LogP contribution in [0.4, 0.5) is 4.39 Å². The van der Waals surface area contributed by atoms with Crippen molar-refractivity contribution in [3.63, 3.8) is 0 Å². The molecule has 0 saturated heterocycles. The maximum atomic E-state index is 12.8. The van der Waals surface area contributed by atoms with Crippen molar-refractivity contribution in [3.8, 4) is 0 Å². The van der Waals surface area contributed by atoms with Crippen LogP contribution in [0.5, 0.6) is 0 Å². The highest BCUT2D eigenvalue weighted by atomic mass is 35.5. The second kappa shape index (κ2) is 5.60. The summed E-state index contributed by atoms with van der Waals surface area (Å²) >= 11 is 5.92. The maximum Gasteiger partial charge on any atom is 0.338 e. The van der Waals surface area contributed by atoms with E-state index in [0.29, 0.717) is 10.6 Å². The fourth-order valence-electron chi connectivity index (χ4n) is 1.37. The molecule has 1 aromatic carbocycles. The van der Waals surface area contributed by atoms with Gasteiger partial charge in [0.25, 0.3) is 0 Å². The quantitative estimate of drug-likeness (QED) is 0.632. The van der Waals surface area contributed by atoms with Crippen LogP contribution in [0.25, 0.3) is 0 Å². The van der Waals surface area contributed by atoms with Crippen LogP contribution < -0.4 is 0 Å². The summed E-state index contributed by atoms with van der Waals surface area (Å²) in [7, 11) is 0. The Bertz CT molecular complexity index is 574. The molecule has 0 N–H and O–H groups in total. The molecule has 5 heteroatoms. The van der Waals surface area contributed by atoms with Gasteiger partial charge in [-0.25, -0.2) is 9.78 Å². The van der Waals surface area contributed by atoms with Gasteiger partial charge in [-0.3, -0.25) is 0 Å². The number of hydrogen-bond acceptors (Lipinski definition) is 3. The zero-order chi connectivity index (χ0) is 13.0. The number of ether oxygens (including phenoxy) is 1. The van der Waals surface area contributed by atoms with Gasteiger partial charge in [0.1, 0.15) is 6.61 Å². The molecule has 0 spiro atoms. The summed E-state index contributed by atoms with van der Waals surface area (Å²) in [5.74, 6) is -1.33. The summed E-state index contributed by atoms with van der Waals surface area (Å²) in [6.45, 7) is 0.0441. The predicted octanol–water partition coefficient (Wildman–Crippen LogP) is 3.23. The van der Waals surface area contributed by atoms with E-state index in [2.05, 4.69) is 4.98 Å². The average Bonchev–Trinajstić information content (AvgIpc) is 2.37. The zero-order valence-corrected chi connectivity index (χ0v) is 10.0. The van der Waals surface area contributed by atoms with Gasteiger partial charge in [0, 0.05) is 22.8 Å². The van der Waals surface area contributed by atoms with Gasteiger partial charge in [0.2, 0.25) is 5.95 Å². The number of hydrogen-bond donors (Lipinski definition) is 0. The Hall–Kier alpha value is -1.94. The highest BCUT2D eigenvalue weighted by Crippen LogP contribution is 2.16. The zero-order valence-electron chi connectivity index (χ0n) is 9.27. The van der Waals surface area contributed by atoms with Crippen molar-refractivity contribution < 1.29 is 13.9 Å². The number of esters is 1. The van der Waals surface area contributed by atoms with Crippen LogP contribution in [-0.2, 0) is 11.3 Å². The summed E-state index contributed by atoms with van der Waals surface area (Å²) in [5.41, 5.74) is 0.816. The Balaban J connectivity index is 2.03. The highest BCUT2D eigenvalue weighted by Gasteiger charge is 2.09. The molecule has 2 rings (SSSR count). The molecule has 92 valence electrons. The first kappa shape index (κ1) is 12.5. The number of nitrogens with zero attached hydrogens (tertiary/aromatic N) is 1. The number of carbonyl (C=O) groups excluding carboxylic acids is 1. The highest BCUT2D eigenvalue weighted by molar-refractivity contribution is 6.31. The van der Waals surface area contributed by atoms with Gasteiger partial charge in [0.15, 0.2) is 0 Å². The van der Waals surface area contributed by atoms with Gasteiger partial charge < -0.3 is 4.74 Å². The molecule has 0 radical (unpaired) electrons. The Labute approximate surface area is 108 Å². The molecule has 2 aromatic rings. The number of carbonyl (C=O) groups is 1. The lowest BCUT2D eigenvalue weighted by molar-refractivity contribution is 0.0472. The molecule has 1 heterocycles. The summed E-state index contributed by atoms with van der Waals surface area (Å²) in [4.78, 5) is 15.0. The van der Waals surface area contributed by atoms with E-state index in [9.17, 15) is 9.18 Å². The fourth-order valence-corrected chi connectivity index (χ4v) is 1.56. The summed E-state index contributed by atoms with van der Waals surface area (Å²) in [6, 6.07) is 9.44. The first-order valence-corrected chi connectivity index (χ1v) is 5.56. The normalized spacial score (nSPS) is 10.1. The standard InChI is InChI=1S/C13H9ClFNO2/c14-11-4-2-1-3-10(11)8-18-13(17)9-5-6-16-12(15)7-9/h1-7H,8H2. The van der Waals surface area contributed by atoms with Gasteiger partial charge in [-0.15, -0.1) is 0 Å². The van der Waals surface area contributed by atoms with Crippen LogP contribution in [0.3, 0.4) is 0 Å². The third-order valence-electron chi connectivity index (χ3n) is 2.28. The van der Waals surface area contributed by atoms with Gasteiger partial charge in [-0.2, -0.15) is 4.39 Å². The van der Waals surface area contributed by atoms with Crippen LogP contribution in [0.15, 0.2) is 42.6 Å². The molecule has 0 bridgehead atoms. The van der Waals surface area contributed by atoms with Gasteiger partial charge in [-0.1, -0.05) is 29.8 Å². The minimum absolute atomic E-state index is 0.0441. The molecule has 18 heavy (non-hydrogen) atoms. The van der Waals surface area contributed by atoms with E-state index in [-0.39, 0.29) is 12.2 Å². The molecule has 3 nitrogen and oxygen atoms in total. The van der Waals surface area contributed by atoms with E-state index in [4.69, 9.17) is 16.3 Å². The van der Waals surface area contributed by atoms with Gasteiger partial charge >= 0.3 is 5.97 Å². The van der Waals surface area contributed by atoms with Crippen molar-refractivity contribution in [2.24, 2.45) is 0 Å². The predicted molar refractivity (Wildman–Crippen MR) is 64.8 cm³/mol. The third kappa shape index (κ3) is 3.05. The van der Waals surface area contributed by atoms with Crippen molar-refractivity contribution in [2.75, 3.05) is 0 Å². The Morgan fingerprint density at radius 3 is 2.83 bits per heavy atom. The van der Waals surface area contributed by atoms with Crippen LogP contribution in [-0.4, -0.2) is 11.0 Å². The fraction of sp³-hybridized carbons (Fsp3) is 0.0769. The molecular formula is C13H9ClFNO2.